The van der Waals surface area contributed by atoms with E-state index < -0.39 is 0 Å². The molecule has 0 saturated carbocycles. The fourth-order valence-electron chi connectivity index (χ4n) is 4.68. The maximum atomic E-state index is 13.0. The molecule has 29 heavy (non-hydrogen) atoms. The van der Waals surface area contributed by atoms with E-state index in [9.17, 15) is 9.59 Å². The lowest BCUT2D eigenvalue weighted by molar-refractivity contribution is -0.134. The van der Waals surface area contributed by atoms with Gasteiger partial charge >= 0.3 is 0 Å². The molecule has 2 aliphatic heterocycles. The number of hydrogen-bond donors (Lipinski definition) is 0. The van der Waals surface area contributed by atoms with Crippen molar-refractivity contribution in [2.24, 2.45) is 0 Å². The van der Waals surface area contributed by atoms with Crippen LogP contribution in [-0.2, 0) is 14.3 Å². The molecule has 2 fully saturated rings. The molecule has 0 radical (unpaired) electrons. The van der Waals surface area contributed by atoms with Crippen molar-refractivity contribution in [1.29, 1.82) is 0 Å². The summed E-state index contributed by atoms with van der Waals surface area (Å²) in [5.41, 5.74) is 0.558. The molecule has 2 amide bonds. The predicted molar refractivity (Wildman–Crippen MR) is 115 cm³/mol. The van der Waals surface area contributed by atoms with E-state index in [1.807, 2.05) is 47.1 Å². The van der Waals surface area contributed by atoms with Gasteiger partial charge in [-0.2, -0.15) is 0 Å². The van der Waals surface area contributed by atoms with Crippen LogP contribution in [0.1, 0.15) is 45.4 Å². The largest absolute Gasteiger partial charge is 0.382 e. The summed E-state index contributed by atoms with van der Waals surface area (Å²) < 4.78 is 5.61. The smallest absolute Gasteiger partial charge is 0.236 e. The zero-order chi connectivity index (χ0) is 20.7. The second-order valence-corrected chi connectivity index (χ2v) is 8.29. The molecule has 0 bridgehead atoms. The van der Waals surface area contributed by atoms with Gasteiger partial charge in [-0.3, -0.25) is 14.5 Å². The van der Waals surface area contributed by atoms with Crippen molar-refractivity contribution >= 4 is 17.5 Å². The van der Waals surface area contributed by atoms with Crippen molar-refractivity contribution in [3.8, 4) is 0 Å². The number of hydrogen-bond acceptors (Lipinski definition) is 4. The molecular weight excluding hydrogens is 366 g/mol. The number of anilines is 1. The van der Waals surface area contributed by atoms with Crippen LogP contribution in [0.25, 0.3) is 0 Å². The molecule has 0 N–H and O–H groups in total. The highest BCUT2D eigenvalue weighted by atomic mass is 16.5. The van der Waals surface area contributed by atoms with E-state index in [1.54, 1.807) is 7.11 Å². The van der Waals surface area contributed by atoms with Gasteiger partial charge in [-0.1, -0.05) is 25.1 Å². The van der Waals surface area contributed by atoms with Crippen molar-refractivity contribution < 1.29 is 14.3 Å². The minimum absolute atomic E-state index is 0.117. The van der Waals surface area contributed by atoms with Crippen LogP contribution in [0.15, 0.2) is 30.3 Å². The Labute approximate surface area is 174 Å². The highest BCUT2D eigenvalue weighted by Gasteiger charge is 2.43. The molecule has 2 heterocycles. The van der Waals surface area contributed by atoms with Gasteiger partial charge in [0.05, 0.1) is 18.7 Å². The molecule has 160 valence electrons. The first kappa shape index (κ1) is 21.8. The Hall–Kier alpha value is -1.92. The molecule has 0 aliphatic carbocycles. The van der Waals surface area contributed by atoms with E-state index in [0.717, 1.165) is 57.5 Å². The Morgan fingerprint density at radius 1 is 1.03 bits per heavy atom. The first-order valence-corrected chi connectivity index (χ1v) is 11.0. The summed E-state index contributed by atoms with van der Waals surface area (Å²) in [4.78, 5) is 31.8. The van der Waals surface area contributed by atoms with Crippen LogP contribution in [0.4, 0.5) is 5.69 Å². The van der Waals surface area contributed by atoms with Gasteiger partial charge in [0.1, 0.15) is 0 Å². The van der Waals surface area contributed by atoms with Gasteiger partial charge in [0.2, 0.25) is 11.8 Å². The van der Waals surface area contributed by atoms with Gasteiger partial charge in [0.25, 0.3) is 0 Å². The normalized spacial score (nSPS) is 19.7. The van der Waals surface area contributed by atoms with Crippen molar-refractivity contribution in [2.45, 2.75) is 51.0 Å². The summed E-state index contributed by atoms with van der Waals surface area (Å²) >= 11 is 0. The Morgan fingerprint density at radius 2 is 1.69 bits per heavy atom. The monoisotopic (exact) mass is 401 g/mol. The molecule has 6 nitrogen and oxygen atoms in total. The summed E-state index contributed by atoms with van der Waals surface area (Å²) in [5.74, 6) is 0.361. The Balaban J connectivity index is 1.71. The van der Waals surface area contributed by atoms with Crippen molar-refractivity contribution in [1.82, 2.24) is 9.80 Å². The lowest BCUT2D eigenvalue weighted by Crippen LogP contribution is -2.61. The molecule has 2 aliphatic rings. The van der Waals surface area contributed by atoms with E-state index in [2.05, 4.69) is 4.90 Å². The Morgan fingerprint density at radius 3 is 2.28 bits per heavy atom. The number of carbonyl (C=O) groups is 2. The highest BCUT2D eigenvalue weighted by molar-refractivity contribution is 5.94. The molecule has 2 saturated heterocycles. The standard InChI is InChI=1S/C23H35N3O3/c1-3-21(27)26(20-10-6-4-7-11-20)23(19-29-2)12-16-24(17-13-23)18-22(28)25-14-8-5-9-15-25/h4,6-7,10-11H,3,5,8-9,12-19H2,1-2H3. The number of piperidine rings is 2. The number of benzene rings is 1. The molecule has 1 aromatic rings. The lowest BCUT2D eigenvalue weighted by Gasteiger charge is -2.48. The lowest BCUT2D eigenvalue weighted by atomic mass is 9.85. The molecular formula is C23H35N3O3. The molecule has 3 rings (SSSR count). The second kappa shape index (κ2) is 10.2. The van der Waals surface area contributed by atoms with Gasteiger partial charge < -0.3 is 14.5 Å². The first-order chi connectivity index (χ1) is 14.1. The van der Waals surface area contributed by atoms with Crippen LogP contribution in [0.2, 0.25) is 0 Å². The van der Waals surface area contributed by atoms with E-state index >= 15 is 0 Å². The minimum Gasteiger partial charge on any atom is -0.382 e. The van der Waals surface area contributed by atoms with Crippen molar-refractivity contribution in [2.75, 3.05) is 51.3 Å². The fourth-order valence-corrected chi connectivity index (χ4v) is 4.68. The topological polar surface area (TPSA) is 53.1 Å². The van der Waals surface area contributed by atoms with Crippen LogP contribution in [0, 0.1) is 0 Å². The van der Waals surface area contributed by atoms with Gasteiger partial charge in [-0.05, 0) is 44.2 Å². The van der Waals surface area contributed by atoms with Crippen LogP contribution >= 0.6 is 0 Å². The molecule has 0 unspecified atom stereocenters. The highest BCUT2D eigenvalue weighted by Crippen LogP contribution is 2.34. The van der Waals surface area contributed by atoms with Gasteiger partial charge in [-0.25, -0.2) is 0 Å². The summed E-state index contributed by atoms with van der Waals surface area (Å²) in [6.07, 6.45) is 5.52. The van der Waals surface area contributed by atoms with E-state index in [4.69, 9.17) is 4.74 Å². The number of ether oxygens (including phenoxy) is 1. The Bertz CT molecular complexity index is 665. The molecule has 0 spiro atoms. The van der Waals surface area contributed by atoms with Crippen molar-refractivity contribution in [3.05, 3.63) is 30.3 Å². The van der Waals surface area contributed by atoms with Crippen LogP contribution in [0.5, 0.6) is 0 Å². The maximum absolute atomic E-state index is 13.0. The fraction of sp³-hybridized carbons (Fsp3) is 0.652. The summed E-state index contributed by atoms with van der Waals surface area (Å²) in [5, 5.41) is 0. The van der Waals surface area contributed by atoms with Crippen LogP contribution in [0.3, 0.4) is 0 Å². The maximum Gasteiger partial charge on any atom is 0.236 e. The number of nitrogens with zero attached hydrogens (tertiary/aromatic N) is 3. The summed E-state index contributed by atoms with van der Waals surface area (Å²) in [6, 6.07) is 9.90. The van der Waals surface area contributed by atoms with E-state index in [-0.39, 0.29) is 17.4 Å². The minimum atomic E-state index is -0.367. The average molecular weight is 402 g/mol. The van der Waals surface area contributed by atoms with Crippen LogP contribution in [-0.4, -0.2) is 73.6 Å². The summed E-state index contributed by atoms with van der Waals surface area (Å²) in [7, 11) is 1.70. The average Bonchev–Trinajstić information content (AvgIpc) is 2.77. The Kier molecular flexibility index (Phi) is 7.67. The number of likely N-dealkylation sites (tertiary alicyclic amines) is 2. The summed E-state index contributed by atoms with van der Waals surface area (Å²) in [6.45, 7) is 6.27. The number of para-hydroxylation sites is 1. The zero-order valence-corrected chi connectivity index (χ0v) is 17.9. The molecule has 0 aromatic heterocycles. The van der Waals surface area contributed by atoms with Gasteiger partial charge in [0.15, 0.2) is 0 Å². The molecule has 0 atom stereocenters. The number of carbonyl (C=O) groups excluding carboxylic acids is 2. The third-order valence-electron chi connectivity index (χ3n) is 6.31. The number of amides is 2. The molecule has 1 aromatic carbocycles. The van der Waals surface area contributed by atoms with Gasteiger partial charge in [-0.15, -0.1) is 0 Å². The van der Waals surface area contributed by atoms with E-state index in [1.165, 1.54) is 6.42 Å². The van der Waals surface area contributed by atoms with Crippen LogP contribution < -0.4 is 4.90 Å². The quantitative estimate of drug-likeness (QED) is 0.705. The number of methoxy groups -OCH3 is 1. The third-order valence-corrected chi connectivity index (χ3v) is 6.31. The van der Waals surface area contributed by atoms with E-state index in [0.29, 0.717) is 19.6 Å². The first-order valence-electron chi connectivity index (χ1n) is 11.0. The third kappa shape index (κ3) is 5.17. The SMILES string of the molecule is CCC(=O)N(c1ccccc1)C1(COC)CCN(CC(=O)N2CCCCC2)CC1. The second-order valence-electron chi connectivity index (χ2n) is 8.29. The van der Waals surface area contributed by atoms with Gasteiger partial charge in [0, 0.05) is 45.4 Å². The number of rotatable bonds is 7. The molecule has 6 heteroatoms. The van der Waals surface area contributed by atoms with Crippen molar-refractivity contribution in [3.63, 3.8) is 0 Å². The predicted octanol–water partition coefficient (Wildman–Crippen LogP) is 2.92. The zero-order valence-electron chi connectivity index (χ0n) is 17.9.